The molecule has 0 saturated carbocycles. The van der Waals surface area contributed by atoms with Crippen molar-refractivity contribution < 1.29 is 18.3 Å². The molecule has 0 bridgehead atoms. The number of carboxylic acid groups (broad SMARTS) is 1. The molecule has 1 aromatic heterocycles. The smallest absolute Gasteiger partial charge is 0.347 e. The average Bonchev–Trinajstić information content (AvgIpc) is 2.77. The number of sulfonamides is 1. The van der Waals surface area contributed by atoms with Crippen molar-refractivity contribution >= 4 is 27.3 Å². The average molecular weight is 291 g/mol. The van der Waals surface area contributed by atoms with E-state index < -0.39 is 21.5 Å². The van der Waals surface area contributed by atoms with E-state index in [1.807, 2.05) is 6.92 Å². The molecule has 0 aliphatic heterocycles. The molecule has 5 nitrogen and oxygen atoms in total. The number of carboxylic acids is 1. The first-order valence-electron chi connectivity index (χ1n) is 5.44. The lowest BCUT2D eigenvalue weighted by atomic mass is 10.0. The molecule has 18 heavy (non-hydrogen) atoms. The summed E-state index contributed by atoms with van der Waals surface area (Å²) in [6.07, 6.45) is 0.634. The third kappa shape index (κ3) is 2.57. The highest BCUT2D eigenvalue weighted by atomic mass is 32.2. The molecule has 0 amide bonds. The lowest BCUT2D eigenvalue weighted by Crippen LogP contribution is -2.44. The van der Waals surface area contributed by atoms with Crippen molar-refractivity contribution in [3.63, 3.8) is 0 Å². The molecule has 0 saturated heterocycles. The molecular weight excluding hydrogens is 274 g/mol. The fraction of sp³-hybridized carbons (Fsp3) is 0.545. The summed E-state index contributed by atoms with van der Waals surface area (Å²) in [5.41, 5.74) is -0.559. The normalized spacial score (nSPS) is 12.9. The zero-order valence-corrected chi connectivity index (χ0v) is 12.4. The predicted octanol–water partition coefficient (Wildman–Crippen LogP) is 2.26. The fourth-order valence-electron chi connectivity index (χ4n) is 1.35. The number of nitrogens with zero attached hydrogens (tertiary/aromatic N) is 1. The zero-order chi connectivity index (χ0) is 14.1. The van der Waals surface area contributed by atoms with Crippen LogP contribution in [0, 0.1) is 0 Å². The Labute approximate surface area is 111 Å². The van der Waals surface area contributed by atoms with E-state index in [1.54, 1.807) is 13.8 Å². The Morgan fingerprint density at radius 3 is 2.50 bits per heavy atom. The molecule has 0 fully saturated rings. The van der Waals surface area contributed by atoms with Gasteiger partial charge in [0.2, 0.25) is 10.0 Å². The fourth-order valence-corrected chi connectivity index (χ4v) is 4.16. The highest BCUT2D eigenvalue weighted by Gasteiger charge is 2.35. The predicted molar refractivity (Wildman–Crippen MR) is 70.6 cm³/mol. The van der Waals surface area contributed by atoms with E-state index in [9.17, 15) is 13.2 Å². The molecule has 0 unspecified atom stereocenters. The SMILES string of the molecule is CCC(C)(C)N(C)S(=O)(=O)c1ccsc1C(=O)O. The third-order valence-electron chi connectivity index (χ3n) is 3.18. The van der Waals surface area contributed by atoms with Crippen molar-refractivity contribution in [2.45, 2.75) is 37.6 Å². The van der Waals surface area contributed by atoms with Gasteiger partial charge in [-0.05, 0) is 31.7 Å². The highest BCUT2D eigenvalue weighted by molar-refractivity contribution is 7.89. The van der Waals surface area contributed by atoms with E-state index in [0.717, 1.165) is 11.3 Å². The van der Waals surface area contributed by atoms with Crippen LogP contribution < -0.4 is 0 Å². The summed E-state index contributed by atoms with van der Waals surface area (Å²) in [4.78, 5) is 10.7. The van der Waals surface area contributed by atoms with E-state index in [4.69, 9.17) is 5.11 Å². The van der Waals surface area contributed by atoms with Crippen LogP contribution in [0.5, 0.6) is 0 Å². The summed E-state index contributed by atoms with van der Waals surface area (Å²) in [5, 5.41) is 10.5. The van der Waals surface area contributed by atoms with Crippen LogP contribution in [0.1, 0.15) is 36.9 Å². The van der Waals surface area contributed by atoms with Crippen molar-refractivity contribution in [2.75, 3.05) is 7.05 Å². The standard InChI is InChI=1S/C11H17NO4S2/c1-5-11(2,3)12(4)18(15,16)8-6-7-17-9(8)10(13)14/h6-7H,5H2,1-4H3,(H,13,14). The maximum absolute atomic E-state index is 12.4. The summed E-state index contributed by atoms with van der Waals surface area (Å²) in [7, 11) is -2.30. The quantitative estimate of drug-likeness (QED) is 0.903. The third-order valence-corrected chi connectivity index (χ3v) is 6.32. The van der Waals surface area contributed by atoms with Gasteiger partial charge in [-0.2, -0.15) is 4.31 Å². The molecular formula is C11H17NO4S2. The minimum Gasteiger partial charge on any atom is -0.477 e. The number of rotatable bonds is 5. The zero-order valence-electron chi connectivity index (χ0n) is 10.8. The van der Waals surface area contributed by atoms with Crippen LogP contribution in [0.4, 0.5) is 0 Å². The van der Waals surface area contributed by atoms with Gasteiger partial charge >= 0.3 is 5.97 Å². The van der Waals surface area contributed by atoms with Crippen LogP contribution in [0.3, 0.4) is 0 Å². The van der Waals surface area contributed by atoms with Crippen molar-refractivity contribution in [2.24, 2.45) is 0 Å². The molecule has 0 aliphatic rings. The molecule has 1 rings (SSSR count). The van der Waals surface area contributed by atoms with Gasteiger partial charge in [0.25, 0.3) is 0 Å². The van der Waals surface area contributed by atoms with Crippen LogP contribution in [-0.4, -0.2) is 36.4 Å². The van der Waals surface area contributed by atoms with Crippen LogP contribution in [0.25, 0.3) is 0 Å². The van der Waals surface area contributed by atoms with Crippen LogP contribution in [0.15, 0.2) is 16.3 Å². The number of hydrogen-bond donors (Lipinski definition) is 1. The lowest BCUT2D eigenvalue weighted by molar-refractivity contribution is 0.0698. The van der Waals surface area contributed by atoms with Gasteiger partial charge in [0, 0.05) is 12.6 Å². The van der Waals surface area contributed by atoms with Crippen molar-refractivity contribution in [1.29, 1.82) is 0 Å². The lowest BCUT2D eigenvalue weighted by Gasteiger charge is -2.33. The van der Waals surface area contributed by atoms with Gasteiger partial charge in [-0.25, -0.2) is 13.2 Å². The number of aromatic carboxylic acids is 1. The molecule has 0 atom stereocenters. The number of hydrogen-bond acceptors (Lipinski definition) is 4. The molecule has 0 radical (unpaired) electrons. The summed E-state index contributed by atoms with van der Waals surface area (Å²) in [5.74, 6) is -1.22. The van der Waals surface area contributed by atoms with E-state index in [0.29, 0.717) is 6.42 Å². The molecule has 1 N–H and O–H groups in total. The van der Waals surface area contributed by atoms with Gasteiger partial charge < -0.3 is 5.11 Å². The summed E-state index contributed by atoms with van der Waals surface area (Å²) in [6.45, 7) is 5.49. The molecule has 0 aliphatic carbocycles. The topological polar surface area (TPSA) is 74.7 Å². The molecule has 1 heterocycles. The van der Waals surface area contributed by atoms with Crippen molar-refractivity contribution in [3.8, 4) is 0 Å². The van der Waals surface area contributed by atoms with Gasteiger partial charge in [-0.1, -0.05) is 6.92 Å². The van der Waals surface area contributed by atoms with Gasteiger partial charge in [-0.3, -0.25) is 0 Å². The van der Waals surface area contributed by atoms with Crippen LogP contribution in [-0.2, 0) is 10.0 Å². The van der Waals surface area contributed by atoms with Gasteiger partial charge in [0.05, 0.1) is 0 Å². The van der Waals surface area contributed by atoms with Crippen molar-refractivity contribution in [3.05, 3.63) is 16.3 Å². The summed E-state index contributed by atoms with van der Waals surface area (Å²) in [6, 6.07) is 1.34. The Morgan fingerprint density at radius 2 is 2.06 bits per heavy atom. The van der Waals surface area contributed by atoms with E-state index in [2.05, 4.69) is 0 Å². The Balaban J connectivity index is 3.31. The molecule has 0 spiro atoms. The Kier molecular flexibility index (Phi) is 4.19. The maximum atomic E-state index is 12.4. The Hall–Kier alpha value is -0.920. The Morgan fingerprint density at radius 1 is 1.50 bits per heavy atom. The van der Waals surface area contributed by atoms with Gasteiger partial charge in [-0.15, -0.1) is 11.3 Å². The van der Waals surface area contributed by atoms with E-state index >= 15 is 0 Å². The second-order valence-corrected chi connectivity index (χ2v) is 7.41. The second-order valence-electron chi connectivity index (χ2n) is 4.56. The molecule has 7 heteroatoms. The molecule has 102 valence electrons. The number of carbonyl (C=O) groups is 1. The van der Waals surface area contributed by atoms with Gasteiger partial charge in [0.1, 0.15) is 9.77 Å². The van der Waals surface area contributed by atoms with E-state index in [1.165, 1.54) is 22.8 Å². The maximum Gasteiger partial charge on any atom is 0.347 e. The highest BCUT2D eigenvalue weighted by Crippen LogP contribution is 2.29. The Bertz CT molecular complexity index is 545. The first-order valence-corrected chi connectivity index (χ1v) is 7.76. The monoisotopic (exact) mass is 291 g/mol. The summed E-state index contributed by atoms with van der Waals surface area (Å²) < 4.78 is 26.0. The molecule has 0 aromatic carbocycles. The minimum absolute atomic E-state index is 0.135. The number of thiophene rings is 1. The van der Waals surface area contributed by atoms with Crippen LogP contribution in [0.2, 0.25) is 0 Å². The minimum atomic E-state index is -3.78. The second kappa shape index (κ2) is 4.99. The van der Waals surface area contributed by atoms with Gasteiger partial charge in [0.15, 0.2) is 0 Å². The summed E-state index contributed by atoms with van der Waals surface area (Å²) >= 11 is 0.915. The van der Waals surface area contributed by atoms with E-state index in [-0.39, 0.29) is 9.77 Å². The molecule has 1 aromatic rings. The van der Waals surface area contributed by atoms with Crippen LogP contribution >= 0.6 is 11.3 Å². The largest absolute Gasteiger partial charge is 0.477 e. The first kappa shape index (κ1) is 15.1. The first-order chi connectivity index (χ1) is 8.14. The van der Waals surface area contributed by atoms with Crippen molar-refractivity contribution in [1.82, 2.24) is 4.31 Å².